The average molecular weight is 321 g/mol. The molecule has 24 heavy (non-hydrogen) atoms. The summed E-state index contributed by atoms with van der Waals surface area (Å²) in [7, 11) is 0. The number of H-pyrrole nitrogens is 1. The van der Waals surface area contributed by atoms with Crippen molar-refractivity contribution in [3.05, 3.63) is 41.7 Å². The molecule has 2 bridgehead atoms. The molecule has 1 aromatic carbocycles. The smallest absolute Gasteiger partial charge is 0.274 e. The van der Waals surface area contributed by atoms with E-state index >= 15 is 0 Å². The maximum absolute atomic E-state index is 13.0. The molecule has 124 valence electrons. The zero-order chi connectivity index (χ0) is 16.3. The Balaban J connectivity index is 1.39. The van der Waals surface area contributed by atoms with E-state index in [1.54, 1.807) is 0 Å². The van der Waals surface area contributed by atoms with Crippen LogP contribution in [0.1, 0.15) is 35.4 Å². The molecule has 2 aromatic rings. The second-order valence-electron chi connectivity index (χ2n) is 7.80. The number of imidazole rings is 1. The summed E-state index contributed by atoms with van der Waals surface area (Å²) in [6.07, 6.45) is 4.18. The second-order valence-corrected chi connectivity index (χ2v) is 7.80. The monoisotopic (exact) mass is 321 g/mol. The number of aromatic amines is 1. The standard InChI is InChI=1S/C20H23N3O/c1-12-18(22-19(21-12)13-5-3-2-4-6-13)20(24)23-10-16-14-7-8-15(9-14)17(16)11-23/h2-6,14-17H,7-11H2,1H3,(H,21,22)/t14-,15+,16-,17+. The zero-order valence-electron chi connectivity index (χ0n) is 14.0. The molecular formula is C20H23N3O. The molecule has 0 radical (unpaired) electrons. The van der Waals surface area contributed by atoms with Gasteiger partial charge in [-0.1, -0.05) is 30.3 Å². The third-order valence-electron chi connectivity index (χ3n) is 6.56. The summed E-state index contributed by atoms with van der Waals surface area (Å²) in [6, 6.07) is 10.0. The number of carbonyl (C=O) groups is 1. The number of rotatable bonds is 2. The first-order chi connectivity index (χ1) is 11.7. The van der Waals surface area contributed by atoms with Gasteiger partial charge in [-0.3, -0.25) is 4.79 Å². The third kappa shape index (κ3) is 2.05. The minimum atomic E-state index is 0.111. The van der Waals surface area contributed by atoms with Crippen molar-refractivity contribution < 1.29 is 4.79 Å². The van der Waals surface area contributed by atoms with E-state index < -0.39 is 0 Å². The molecule has 1 aromatic heterocycles. The number of fused-ring (bicyclic) bond motifs is 5. The quantitative estimate of drug-likeness (QED) is 0.920. The molecule has 3 aliphatic rings. The predicted octanol–water partition coefficient (Wildman–Crippen LogP) is 3.50. The highest BCUT2D eigenvalue weighted by Gasteiger charge is 2.52. The Labute approximate surface area is 142 Å². The molecule has 2 saturated carbocycles. The van der Waals surface area contributed by atoms with E-state index in [4.69, 9.17) is 0 Å². The molecule has 1 saturated heterocycles. The summed E-state index contributed by atoms with van der Waals surface area (Å²) in [4.78, 5) is 23.0. The van der Waals surface area contributed by atoms with Crippen LogP contribution in [0.4, 0.5) is 0 Å². The number of aryl methyl sites for hydroxylation is 1. The number of hydrogen-bond acceptors (Lipinski definition) is 2. The molecule has 1 N–H and O–H groups in total. The fraction of sp³-hybridized carbons (Fsp3) is 0.500. The Bertz CT molecular complexity index is 763. The molecule has 4 nitrogen and oxygen atoms in total. The molecule has 2 heterocycles. The van der Waals surface area contributed by atoms with Crippen LogP contribution in [0.25, 0.3) is 11.4 Å². The van der Waals surface area contributed by atoms with Crippen LogP contribution in [0.2, 0.25) is 0 Å². The van der Waals surface area contributed by atoms with E-state index in [1.165, 1.54) is 19.3 Å². The fourth-order valence-electron chi connectivity index (χ4n) is 5.40. The van der Waals surface area contributed by atoms with Crippen LogP contribution in [0, 0.1) is 30.6 Å². The topological polar surface area (TPSA) is 49.0 Å². The molecule has 0 spiro atoms. The number of nitrogens with one attached hydrogen (secondary N) is 1. The van der Waals surface area contributed by atoms with Crippen LogP contribution in [-0.2, 0) is 0 Å². The highest BCUT2D eigenvalue weighted by molar-refractivity contribution is 5.94. The van der Waals surface area contributed by atoms with Crippen molar-refractivity contribution in [1.29, 1.82) is 0 Å². The number of likely N-dealkylation sites (tertiary alicyclic amines) is 1. The lowest BCUT2D eigenvalue weighted by molar-refractivity contribution is 0.0770. The van der Waals surface area contributed by atoms with E-state index in [2.05, 4.69) is 14.9 Å². The van der Waals surface area contributed by atoms with Crippen LogP contribution in [-0.4, -0.2) is 33.9 Å². The van der Waals surface area contributed by atoms with Gasteiger partial charge in [-0.2, -0.15) is 0 Å². The number of hydrogen-bond donors (Lipinski definition) is 1. The highest BCUT2D eigenvalue weighted by atomic mass is 16.2. The zero-order valence-corrected chi connectivity index (χ0v) is 14.0. The van der Waals surface area contributed by atoms with Gasteiger partial charge in [-0.05, 0) is 49.9 Å². The molecule has 1 amide bonds. The first kappa shape index (κ1) is 14.3. The van der Waals surface area contributed by atoms with Gasteiger partial charge in [0, 0.05) is 24.3 Å². The van der Waals surface area contributed by atoms with Crippen LogP contribution < -0.4 is 0 Å². The average Bonchev–Trinajstić information content (AvgIpc) is 3.36. The molecule has 5 rings (SSSR count). The van der Waals surface area contributed by atoms with Gasteiger partial charge in [0.15, 0.2) is 0 Å². The van der Waals surface area contributed by atoms with Crippen molar-refractivity contribution in [2.75, 3.05) is 13.1 Å². The van der Waals surface area contributed by atoms with Gasteiger partial charge in [0.25, 0.3) is 5.91 Å². The van der Waals surface area contributed by atoms with Gasteiger partial charge in [0.05, 0.1) is 0 Å². The van der Waals surface area contributed by atoms with Crippen LogP contribution in [0.15, 0.2) is 30.3 Å². The summed E-state index contributed by atoms with van der Waals surface area (Å²) >= 11 is 0. The number of aromatic nitrogens is 2. The molecule has 2 aliphatic carbocycles. The number of benzene rings is 1. The van der Waals surface area contributed by atoms with Gasteiger partial charge >= 0.3 is 0 Å². The molecule has 1 aliphatic heterocycles. The molecule has 4 atom stereocenters. The van der Waals surface area contributed by atoms with Crippen molar-refractivity contribution >= 4 is 5.91 Å². The Morgan fingerprint density at radius 3 is 2.46 bits per heavy atom. The molecule has 4 heteroatoms. The van der Waals surface area contributed by atoms with Crippen molar-refractivity contribution in [2.45, 2.75) is 26.2 Å². The maximum Gasteiger partial charge on any atom is 0.274 e. The summed E-state index contributed by atoms with van der Waals surface area (Å²) in [5.41, 5.74) is 2.50. The van der Waals surface area contributed by atoms with Crippen LogP contribution in [0.3, 0.4) is 0 Å². The molecule has 0 unspecified atom stereocenters. The predicted molar refractivity (Wildman–Crippen MR) is 92.5 cm³/mol. The lowest BCUT2D eigenvalue weighted by Crippen LogP contribution is -2.31. The number of carbonyl (C=O) groups excluding carboxylic acids is 1. The third-order valence-corrected chi connectivity index (χ3v) is 6.56. The normalized spacial score (nSPS) is 30.8. The van der Waals surface area contributed by atoms with E-state index in [9.17, 15) is 4.79 Å². The van der Waals surface area contributed by atoms with Gasteiger partial charge in [0.1, 0.15) is 11.5 Å². The van der Waals surface area contributed by atoms with Crippen LogP contribution in [0.5, 0.6) is 0 Å². The van der Waals surface area contributed by atoms with Gasteiger partial charge in [-0.25, -0.2) is 4.98 Å². The van der Waals surface area contributed by atoms with Gasteiger partial charge < -0.3 is 9.88 Å². The first-order valence-electron chi connectivity index (χ1n) is 9.12. The van der Waals surface area contributed by atoms with Crippen molar-refractivity contribution in [3.63, 3.8) is 0 Å². The Morgan fingerprint density at radius 2 is 1.79 bits per heavy atom. The van der Waals surface area contributed by atoms with E-state index in [0.29, 0.717) is 5.69 Å². The molecular weight excluding hydrogens is 298 g/mol. The largest absolute Gasteiger partial charge is 0.341 e. The minimum Gasteiger partial charge on any atom is -0.341 e. The van der Waals surface area contributed by atoms with Crippen molar-refractivity contribution in [2.24, 2.45) is 23.7 Å². The van der Waals surface area contributed by atoms with Gasteiger partial charge in [-0.15, -0.1) is 0 Å². The van der Waals surface area contributed by atoms with Gasteiger partial charge in [0.2, 0.25) is 0 Å². The summed E-state index contributed by atoms with van der Waals surface area (Å²) in [6.45, 7) is 3.84. The SMILES string of the molecule is Cc1[nH]c(-c2ccccc2)nc1C(=O)N1C[C@@H]2[C@@H]3CC[C@@H](C3)[C@@H]2C1. The number of amides is 1. The van der Waals surface area contributed by atoms with E-state index in [1.807, 2.05) is 37.3 Å². The van der Waals surface area contributed by atoms with Crippen molar-refractivity contribution in [3.8, 4) is 11.4 Å². The van der Waals surface area contributed by atoms with Crippen molar-refractivity contribution in [1.82, 2.24) is 14.9 Å². The second kappa shape index (κ2) is 5.20. The van der Waals surface area contributed by atoms with Crippen LogP contribution >= 0.6 is 0 Å². The minimum absolute atomic E-state index is 0.111. The highest BCUT2D eigenvalue weighted by Crippen LogP contribution is 2.55. The fourth-order valence-corrected chi connectivity index (χ4v) is 5.40. The summed E-state index contributed by atoms with van der Waals surface area (Å²) in [5, 5.41) is 0. The summed E-state index contributed by atoms with van der Waals surface area (Å²) < 4.78 is 0. The maximum atomic E-state index is 13.0. The lowest BCUT2D eigenvalue weighted by atomic mass is 9.82. The molecule has 3 fully saturated rings. The first-order valence-corrected chi connectivity index (χ1v) is 9.12. The van der Waals surface area contributed by atoms with E-state index in [0.717, 1.165) is 53.8 Å². The number of nitrogens with zero attached hydrogens (tertiary/aromatic N) is 2. The Kier molecular flexibility index (Phi) is 3.09. The lowest BCUT2D eigenvalue weighted by Gasteiger charge is -2.22. The summed E-state index contributed by atoms with van der Waals surface area (Å²) in [5.74, 6) is 4.15. The van der Waals surface area contributed by atoms with E-state index in [-0.39, 0.29) is 5.91 Å². The Morgan fingerprint density at radius 1 is 1.12 bits per heavy atom. The Hall–Kier alpha value is -2.10.